The number of carbonyl (C=O) groups excluding carboxylic acids is 1. The molecule has 0 spiro atoms. The fourth-order valence-corrected chi connectivity index (χ4v) is 4.22. The normalized spacial score (nSPS) is 35.6. The summed E-state index contributed by atoms with van der Waals surface area (Å²) in [5.41, 5.74) is 6.14. The van der Waals surface area contributed by atoms with Gasteiger partial charge in [0.1, 0.15) is 0 Å². The molecule has 1 saturated carbocycles. The number of thioether (sulfide) groups is 1. The van der Waals surface area contributed by atoms with Crippen LogP contribution in [0.1, 0.15) is 46.0 Å². The van der Waals surface area contributed by atoms with Crippen LogP contribution in [0.5, 0.6) is 0 Å². The third-order valence-corrected chi connectivity index (χ3v) is 5.95. The Labute approximate surface area is 127 Å². The summed E-state index contributed by atoms with van der Waals surface area (Å²) in [4.78, 5) is 14.5. The van der Waals surface area contributed by atoms with E-state index in [0.29, 0.717) is 29.5 Å². The van der Waals surface area contributed by atoms with Crippen molar-refractivity contribution in [2.24, 2.45) is 11.7 Å². The Morgan fingerprint density at radius 3 is 2.68 bits per heavy atom. The van der Waals surface area contributed by atoms with E-state index in [-0.39, 0.29) is 18.4 Å². The molecule has 19 heavy (non-hydrogen) atoms. The van der Waals surface area contributed by atoms with Gasteiger partial charge in [0.2, 0.25) is 5.91 Å². The fourth-order valence-electron chi connectivity index (χ4n) is 3.12. The quantitative estimate of drug-likeness (QED) is 0.853. The van der Waals surface area contributed by atoms with E-state index in [0.717, 1.165) is 25.1 Å². The number of nitrogens with two attached hydrogens (primary N) is 1. The molecule has 3 nitrogen and oxygen atoms in total. The molecule has 4 unspecified atom stereocenters. The average Bonchev–Trinajstić information content (AvgIpc) is 2.35. The lowest BCUT2D eigenvalue weighted by Crippen LogP contribution is -2.49. The molecule has 1 amide bonds. The fraction of sp³-hybridized carbons (Fsp3) is 0.929. The molecule has 4 atom stereocenters. The number of nitrogens with zero attached hydrogens (tertiary/aromatic N) is 1. The van der Waals surface area contributed by atoms with Crippen molar-refractivity contribution in [2.45, 2.75) is 63.3 Å². The Balaban J connectivity index is 0.00000180. The second kappa shape index (κ2) is 7.75. The van der Waals surface area contributed by atoms with E-state index in [1.54, 1.807) is 0 Å². The summed E-state index contributed by atoms with van der Waals surface area (Å²) >= 11 is 1.98. The molecule has 0 aromatic heterocycles. The molecule has 2 rings (SSSR count). The van der Waals surface area contributed by atoms with Gasteiger partial charge in [-0.2, -0.15) is 11.8 Å². The van der Waals surface area contributed by atoms with Gasteiger partial charge >= 0.3 is 0 Å². The van der Waals surface area contributed by atoms with E-state index in [9.17, 15) is 4.79 Å². The maximum atomic E-state index is 12.4. The monoisotopic (exact) mass is 306 g/mol. The van der Waals surface area contributed by atoms with Gasteiger partial charge in [0, 0.05) is 36.1 Å². The van der Waals surface area contributed by atoms with E-state index in [1.807, 2.05) is 11.8 Å². The van der Waals surface area contributed by atoms with Gasteiger partial charge in [-0.05, 0) is 25.7 Å². The average molecular weight is 307 g/mol. The van der Waals surface area contributed by atoms with Crippen molar-refractivity contribution in [3.63, 3.8) is 0 Å². The first-order valence-electron chi connectivity index (χ1n) is 7.26. The molecule has 1 aliphatic heterocycles. The minimum absolute atomic E-state index is 0. The van der Waals surface area contributed by atoms with Gasteiger partial charge in [-0.25, -0.2) is 0 Å². The molecule has 2 N–H and O–H groups in total. The van der Waals surface area contributed by atoms with Crippen molar-refractivity contribution in [3.05, 3.63) is 0 Å². The largest absolute Gasteiger partial charge is 0.338 e. The van der Waals surface area contributed by atoms with Crippen LogP contribution in [0.15, 0.2) is 0 Å². The predicted octanol–water partition coefficient (Wildman–Crippen LogP) is 2.67. The molecular formula is C14H27ClN2OS. The van der Waals surface area contributed by atoms with Crippen LogP contribution < -0.4 is 5.73 Å². The molecule has 1 heterocycles. The topological polar surface area (TPSA) is 46.3 Å². The van der Waals surface area contributed by atoms with Crippen molar-refractivity contribution in [1.82, 2.24) is 4.90 Å². The number of amides is 1. The van der Waals surface area contributed by atoms with Crippen molar-refractivity contribution in [2.75, 3.05) is 12.3 Å². The first-order valence-corrected chi connectivity index (χ1v) is 8.31. The number of hydrogen-bond acceptors (Lipinski definition) is 3. The maximum absolute atomic E-state index is 12.4. The lowest BCUT2D eigenvalue weighted by atomic mass is 9.82. The summed E-state index contributed by atoms with van der Waals surface area (Å²) in [6.45, 7) is 5.31. The standard InChI is InChI=1S/C14H26N2OS.ClH/c1-10-11(2)18-8-7-16(10)14(17)9-12-5-3-4-6-13(12)15;/h10-13H,3-9,15H2,1-2H3;1H. The van der Waals surface area contributed by atoms with Crippen LogP contribution >= 0.6 is 24.2 Å². The molecule has 2 aliphatic rings. The zero-order valence-corrected chi connectivity index (χ0v) is 13.6. The Bertz CT molecular complexity index is 303. The highest BCUT2D eigenvalue weighted by atomic mass is 35.5. The molecule has 2 fully saturated rings. The predicted molar refractivity (Wildman–Crippen MR) is 84.9 cm³/mol. The number of hydrogen-bond donors (Lipinski definition) is 1. The molecule has 0 aromatic carbocycles. The molecular weight excluding hydrogens is 280 g/mol. The minimum atomic E-state index is 0. The summed E-state index contributed by atoms with van der Waals surface area (Å²) in [7, 11) is 0. The second-order valence-corrected chi connectivity index (χ2v) is 7.30. The minimum Gasteiger partial charge on any atom is -0.338 e. The van der Waals surface area contributed by atoms with Crippen LogP contribution in [0.25, 0.3) is 0 Å². The van der Waals surface area contributed by atoms with Crippen LogP contribution in [-0.2, 0) is 4.79 Å². The van der Waals surface area contributed by atoms with E-state index < -0.39 is 0 Å². The zero-order chi connectivity index (χ0) is 13.1. The first-order chi connectivity index (χ1) is 8.59. The molecule has 0 bridgehead atoms. The highest BCUT2D eigenvalue weighted by Crippen LogP contribution is 2.29. The Morgan fingerprint density at radius 2 is 2.00 bits per heavy atom. The van der Waals surface area contributed by atoms with Gasteiger partial charge in [0.25, 0.3) is 0 Å². The van der Waals surface area contributed by atoms with E-state index >= 15 is 0 Å². The Hall–Kier alpha value is 0.0700. The van der Waals surface area contributed by atoms with Crippen molar-refractivity contribution in [3.8, 4) is 0 Å². The third kappa shape index (κ3) is 4.27. The maximum Gasteiger partial charge on any atom is 0.223 e. The van der Waals surface area contributed by atoms with Crippen LogP contribution in [0, 0.1) is 5.92 Å². The summed E-state index contributed by atoms with van der Waals surface area (Å²) in [5.74, 6) is 1.83. The summed E-state index contributed by atoms with van der Waals surface area (Å²) in [6, 6.07) is 0.616. The molecule has 5 heteroatoms. The summed E-state index contributed by atoms with van der Waals surface area (Å²) < 4.78 is 0. The lowest BCUT2D eigenvalue weighted by Gasteiger charge is -2.39. The molecule has 0 aromatic rings. The third-order valence-electron chi connectivity index (χ3n) is 4.61. The van der Waals surface area contributed by atoms with Crippen LogP contribution in [-0.4, -0.2) is 40.4 Å². The van der Waals surface area contributed by atoms with Gasteiger partial charge in [0.15, 0.2) is 0 Å². The Kier molecular flexibility index (Phi) is 6.98. The highest BCUT2D eigenvalue weighted by Gasteiger charge is 2.31. The number of halogens is 1. The van der Waals surface area contributed by atoms with Gasteiger partial charge in [-0.3, -0.25) is 4.79 Å². The summed E-state index contributed by atoms with van der Waals surface area (Å²) in [5, 5.41) is 0.558. The second-order valence-electron chi connectivity index (χ2n) is 5.82. The summed E-state index contributed by atoms with van der Waals surface area (Å²) in [6.07, 6.45) is 5.38. The number of rotatable bonds is 2. The van der Waals surface area contributed by atoms with Crippen LogP contribution in [0.4, 0.5) is 0 Å². The number of carbonyl (C=O) groups is 1. The molecule has 112 valence electrons. The first kappa shape index (κ1) is 17.1. The smallest absolute Gasteiger partial charge is 0.223 e. The van der Waals surface area contributed by atoms with Crippen LogP contribution in [0.3, 0.4) is 0 Å². The van der Waals surface area contributed by atoms with Crippen molar-refractivity contribution < 1.29 is 4.79 Å². The Morgan fingerprint density at radius 1 is 1.32 bits per heavy atom. The van der Waals surface area contributed by atoms with Gasteiger partial charge in [0.05, 0.1) is 0 Å². The van der Waals surface area contributed by atoms with Gasteiger partial charge in [-0.1, -0.05) is 19.8 Å². The van der Waals surface area contributed by atoms with Gasteiger partial charge in [-0.15, -0.1) is 12.4 Å². The zero-order valence-electron chi connectivity index (χ0n) is 12.0. The lowest BCUT2D eigenvalue weighted by molar-refractivity contribution is -0.134. The van der Waals surface area contributed by atoms with Gasteiger partial charge < -0.3 is 10.6 Å². The SMILES string of the molecule is CC1SCCN(C(=O)CC2CCCCC2N)C1C.Cl. The van der Waals surface area contributed by atoms with Crippen molar-refractivity contribution >= 4 is 30.1 Å². The van der Waals surface area contributed by atoms with Crippen molar-refractivity contribution in [1.29, 1.82) is 0 Å². The van der Waals surface area contributed by atoms with E-state index in [2.05, 4.69) is 18.7 Å². The van der Waals surface area contributed by atoms with Crippen LogP contribution in [0.2, 0.25) is 0 Å². The molecule has 1 saturated heterocycles. The van der Waals surface area contributed by atoms with E-state index in [1.165, 1.54) is 12.8 Å². The molecule has 0 radical (unpaired) electrons. The highest BCUT2D eigenvalue weighted by molar-refractivity contribution is 8.00. The van der Waals surface area contributed by atoms with E-state index in [4.69, 9.17) is 5.73 Å². The molecule has 1 aliphatic carbocycles.